The molecule has 22 heavy (non-hydrogen) atoms. The van der Waals surface area contributed by atoms with Gasteiger partial charge in [-0.3, -0.25) is 14.4 Å². The van der Waals surface area contributed by atoms with E-state index in [-0.39, 0.29) is 30.8 Å². The molecule has 1 atom stereocenters. The predicted molar refractivity (Wildman–Crippen MR) is 78.0 cm³/mol. The van der Waals surface area contributed by atoms with Gasteiger partial charge in [-0.25, -0.2) is 0 Å². The van der Waals surface area contributed by atoms with Crippen molar-refractivity contribution in [3.05, 3.63) is 35.9 Å². The van der Waals surface area contributed by atoms with Crippen molar-refractivity contribution in [1.82, 2.24) is 9.80 Å². The molecule has 0 radical (unpaired) electrons. The number of hydrogen-bond acceptors (Lipinski definition) is 3. The van der Waals surface area contributed by atoms with Crippen molar-refractivity contribution in [2.24, 2.45) is 5.92 Å². The fourth-order valence-electron chi connectivity index (χ4n) is 2.99. The first-order valence-electron chi connectivity index (χ1n) is 7.38. The lowest BCUT2D eigenvalue weighted by Gasteiger charge is -2.44. The van der Waals surface area contributed by atoms with E-state index < -0.39 is 11.9 Å². The molecule has 0 saturated carbocycles. The number of carbonyl (C=O) groups is 3. The van der Waals surface area contributed by atoms with Crippen LogP contribution in [-0.2, 0) is 20.8 Å². The highest BCUT2D eigenvalue weighted by atomic mass is 16.4. The molecule has 2 heterocycles. The third-order valence-corrected chi connectivity index (χ3v) is 4.36. The topological polar surface area (TPSA) is 77.9 Å². The summed E-state index contributed by atoms with van der Waals surface area (Å²) in [5, 5.41) is 8.98. The predicted octanol–water partition coefficient (Wildman–Crippen LogP) is 0.373. The molecule has 3 rings (SSSR count). The number of carbonyl (C=O) groups excluding carboxylic acids is 2. The number of carboxylic acid groups (broad SMARTS) is 1. The zero-order chi connectivity index (χ0) is 15.7. The molecule has 2 fully saturated rings. The number of hydrogen-bond donors (Lipinski definition) is 1. The van der Waals surface area contributed by atoms with Crippen molar-refractivity contribution >= 4 is 17.8 Å². The van der Waals surface area contributed by atoms with Gasteiger partial charge in [0, 0.05) is 26.1 Å². The van der Waals surface area contributed by atoms with Crippen molar-refractivity contribution < 1.29 is 19.5 Å². The van der Waals surface area contributed by atoms with Gasteiger partial charge < -0.3 is 14.9 Å². The lowest BCUT2D eigenvalue weighted by Crippen LogP contribution is -2.61. The Morgan fingerprint density at radius 1 is 1.14 bits per heavy atom. The molecule has 2 amide bonds. The highest BCUT2D eigenvalue weighted by Gasteiger charge is 2.43. The summed E-state index contributed by atoms with van der Waals surface area (Å²) in [7, 11) is 0. The lowest BCUT2D eigenvalue weighted by atomic mass is 10.0. The van der Waals surface area contributed by atoms with Crippen LogP contribution in [0.25, 0.3) is 0 Å². The molecule has 6 heteroatoms. The maximum absolute atomic E-state index is 12.1. The van der Waals surface area contributed by atoms with Crippen molar-refractivity contribution in [3.63, 3.8) is 0 Å². The Hall–Kier alpha value is -2.37. The first-order chi connectivity index (χ1) is 10.5. The summed E-state index contributed by atoms with van der Waals surface area (Å²) in [4.78, 5) is 38.3. The number of likely N-dealkylation sites (tertiary alicyclic amines) is 2. The number of amides is 2. The quantitative estimate of drug-likeness (QED) is 0.872. The molecule has 2 aliphatic heterocycles. The minimum absolute atomic E-state index is 0.0310. The summed E-state index contributed by atoms with van der Waals surface area (Å²) in [6.07, 6.45) is 0.434. The van der Waals surface area contributed by atoms with Crippen LogP contribution in [0.1, 0.15) is 12.0 Å². The molecule has 2 saturated heterocycles. The largest absolute Gasteiger partial charge is 0.481 e. The van der Waals surface area contributed by atoms with Gasteiger partial charge in [0.15, 0.2) is 0 Å². The minimum atomic E-state index is -0.924. The Bertz CT molecular complexity index is 595. The smallest absolute Gasteiger partial charge is 0.308 e. The van der Waals surface area contributed by atoms with Gasteiger partial charge in [0.1, 0.15) is 0 Å². The zero-order valence-electron chi connectivity index (χ0n) is 12.1. The van der Waals surface area contributed by atoms with E-state index in [0.29, 0.717) is 19.5 Å². The molecule has 1 aromatic carbocycles. The molecule has 0 spiro atoms. The van der Waals surface area contributed by atoms with Crippen LogP contribution in [-0.4, -0.2) is 58.4 Å². The normalized spacial score (nSPS) is 21.8. The number of benzene rings is 1. The first kappa shape index (κ1) is 14.6. The summed E-state index contributed by atoms with van der Waals surface area (Å²) < 4.78 is 0. The molecule has 0 aliphatic carbocycles. The zero-order valence-corrected chi connectivity index (χ0v) is 12.1. The maximum Gasteiger partial charge on any atom is 0.308 e. The molecule has 2 aliphatic rings. The second-order valence-electron chi connectivity index (χ2n) is 5.90. The Labute approximate surface area is 128 Å². The van der Waals surface area contributed by atoms with Crippen LogP contribution >= 0.6 is 0 Å². The summed E-state index contributed by atoms with van der Waals surface area (Å²) >= 11 is 0. The van der Waals surface area contributed by atoms with Gasteiger partial charge in [0.05, 0.1) is 18.4 Å². The van der Waals surface area contributed by atoms with Gasteiger partial charge in [-0.1, -0.05) is 30.3 Å². The van der Waals surface area contributed by atoms with Crippen molar-refractivity contribution in [3.8, 4) is 0 Å². The minimum Gasteiger partial charge on any atom is -0.481 e. The fourth-order valence-corrected chi connectivity index (χ4v) is 2.99. The Kier molecular flexibility index (Phi) is 3.83. The highest BCUT2D eigenvalue weighted by Crippen LogP contribution is 2.25. The van der Waals surface area contributed by atoms with E-state index in [0.717, 1.165) is 5.56 Å². The van der Waals surface area contributed by atoms with E-state index in [9.17, 15) is 14.4 Å². The first-order valence-corrected chi connectivity index (χ1v) is 7.38. The Morgan fingerprint density at radius 3 is 2.41 bits per heavy atom. The third-order valence-electron chi connectivity index (χ3n) is 4.36. The molecule has 1 aromatic rings. The number of nitrogens with zero attached hydrogens (tertiary/aromatic N) is 2. The van der Waals surface area contributed by atoms with E-state index in [1.165, 1.54) is 0 Å². The Morgan fingerprint density at radius 2 is 1.82 bits per heavy atom. The van der Waals surface area contributed by atoms with Gasteiger partial charge in [-0.15, -0.1) is 0 Å². The standard InChI is InChI=1S/C16H18N2O4/c19-14(6-11-4-2-1-3-5-11)17-9-13(10-17)18-8-12(16(21)22)7-15(18)20/h1-5,12-13H,6-10H2,(H,21,22). The molecular weight excluding hydrogens is 284 g/mol. The second-order valence-corrected chi connectivity index (χ2v) is 5.90. The second kappa shape index (κ2) is 5.79. The average molecular weight is 302 g/mol. The number of carboxylic acids is 1. The van der Waals surface area contributed by atoms with Crippen LogP contribution in [0.15, 0.2) is 30.3 Å². The van der Waals surface area contributed by atoms with E-state index in [2.05, 4.69) is 0 Å². The summed E-state index contributed by atoms with van der Waals surface area (Å²) in [6.45, 7) is 1.27. The van der Waals surface area contributed by atoms with Crippen LogP contribution < -0.4 is 0 Å². The van der Waals surface area contributed by atoms with E-state index in [4.69, 9.17) is 5.11 Å². The van der Waals surface area contributed by atoms with Crippen LogP contribution in [0.2, 0.25) is 0 Å². The Balaban J connectivity index is 1.51. The molecule has 1 N–H and O–H groups in total. The number of rotatable bonds is 4. The van der Waals surface area contributed by atoms with Crippen molar-refractivity contribution in [2.45, 2.75) is 18.9 Å². The third kappa shape index (κ3) is 2.81. The van der Waals surface area contributed by atoms with Gasteiger partial charge in [0.2, 0.25) is 11.8 Å². The average Bonchev–Trinajstić information content (AvgIpc) is 2.81. The summed E-state index contributed by atoms with van der Waals surface area (Å²) in [5.41, 5.74) is 0.971. The molecule has 0 aromatic heterocycles. The fraction of sp³-hybridized carbons (Fsp3) is 0.438. The number of aliphatic carboxylic acids is 1. The van der Waals surface area contributed by atoms with Crippen LogP contribution in [0, 0.1) is 5.92 Å². The van der Waals surface area contributed by atoms with Gasteiger partial charge in [-0.05, 0) is 5.56 Å². The van der Waals surface area contributed by atoms with Crippen molar-refractivity contribution in [2.75, 3.05) is 19.6 Å². The molecule has 1 unspecified atom stereocenters. The highest BCUT2D eigenvalue weighted by molar-refractivity contribution is 5.87. The summed E-state index contributed by atoms with van der Waals surface area (Å²) in [5.74, 6) is -1.61. The SMILES string of the molecule is O=C(O)C1CC(=O)N(C2CN(C(=O)Cc3ccccc3)C2)C1. The molecule has 6 nitrogen and oxygen atoms in total. The van der Waals surface area contributed by atoms with Crippen LogP contribution in [0.3, 0.4) is 0 Å². The molecule has 0 bridgehead atoms. The van der Waals surface area contributed by atoms with Crippen LogP contribution in [0.4, 0.5) is 0 Å². The molecular formula is C16H18N2O4. The van der Waals surface area contributed by atoms with Crippen molar-refractivity contribution in [1.29, 1.82) is 0 Å². The summed E-state index contributed by atoms with van der Waals surface area (Å²) in [6, 6.07) is 9.50. The van der Waals surface area contributed by atoms with Gasteiger partial charge in [0.25, 0.3) is 0 Å². The van der Waals surface area contributed by atoms with Crippen LogP contribution in [0.5, 0.6) is 0 Å². The monoisotopic (exact) mass is 302 g/mol. The van der Waals surface area contributed by atoms with E-state index in [1.807, 2.05) is 30.3 Å². The lowest BCUT2D eigenvalue weighted by molar-refractivity contribution is -0.144. The van der Waals surface area contributed by atoms with Gasteiger partial charge in [-0.2, -0.15) is 0 Å². The van der Waals surface area contributed by atoms with Gasteiger partial charge >= 0.3 is 5.97 Å². The van der Waals surface area contributed by atoms with E-state index >= 15 is 0 Å². The van der Waals surface area contributed by atoms with E-state index in [1.54, 1.807) is 9.80 Å². The molecule has 116 valence electrons. The maximum atomic E-state index is 12.1.